The van der Waals surface area contributed by atoms with E-state index in [1.807, 2.05) is 32.9 Å². The molecule has 42 heavy (non-hydrogen) atoms. The summed E-state index contributed by atoms with van der Waals surface area (Å²) < 4.78 is 23.0. The smallest absolute Gasteiger partial charge is 0.221 e. The van der Waals surface area contributed by atoms with Gasteiger partial charge in [-0.15, -0.1) is 11.3 Å². The molecule has 1 aromatic heterocycles. The Bertz CT molecular complexity index is 1240. The summed E-state index contributed by atoms with van der Waals surface area (Å²) in [5.74, 6) is 0.176. The first-order chi connectivity index (χ1) is 20.2. The zero-order chi connectivity index (χ0) is 30.2. The Kier molecular flexibility index (Phi) is 14.3. The molecule has 3 rings (SSSR count). The van der Waals surface area contributed by atoms with Crippen LogP contribution >= 0.6 is 11.3 Å². The molecule has 0 fully saturated rings. The maximum atomic E-state index is 12.1. The van der Waals surface area contributed by atoms with Crippen LogP contribution in [0, 0.1) is 12.3 Å². The molecule has 1 heterocycles. The number of benzene rings is 2. The summed E-state index contributed by atoms with van der Waals surface area (Å²) >= 11 is 1.70. The van der Waals surface area contributed by atoms with Gasteiger partial charge in [0.15, 0.2) is 0 Å². The minimum absolute atomic E-state index is 0.0225. The molecule has 9 nitrogen and oxygen atoms in total. The third-order valence-corrected chi connectivity index (χ3v) is 7.42. The van der Waals surface area contributed by atoms with Crippen molar-refractivity contribution < 1.29 is 28.5 Å². The molecule has 0 aliphatic heterocycles. The van der Waals surface area contributed by atoms with Crippen molar-refractivity contribution in [2.45, 2.75) is 40.5 Å². The quantitative estimate of drug-likeness (QED) is 0.169. The van der Waals surface area contributed by atoms with E-state index in [-0.39, 0.29) is 17.1 Å². The predicted octanol–water partition coefficient (Wildman–Crippen LogP) is 5.26. The molecule has 2 N–H and O–H groups in total. The number of carbonyl (C=O) groups is 2. The van der Waals surface area contributed by atoms with Crippen molar-refractivity contribution in [3.05, 3.63) is 48.0 Å². The zero-order valence-electron chi connectivity index (χ0n) is 25.3. The zero-order valence-corrected chi connectivity index (χ0v) is 26.1. The number of hydrogen-bond donors (Lipinski definition) is 2. The second-order valence-electron chi connectivity index (χ2n) is 11.0. The van der Waals surface area contributed by atoms with Gasteiger partial charge in [0.05, 0.1) is 63.1 Å². The van der Waals surface area contributed by atoms with Gasteiger partial charge in [0.2, 0.25) is 5.91 Å². The van der Waals surface area contributed by atoms with Crippen LogP contribution in [0.4, 0.5) is 5.69 Å². The van der Waals surface area contributed by atoms with Crippen LogP contribution in [0.5, 0.6) is 0 Å². The lowest BCUT2D eigenvalue weighted by atomic mass is 9.89. The highest BCUT2D eigenvalue weighted by Crippen LogP contribution is 2.31. The van der Waals surface area contributed by atoms with Crippen LogP contribution in [0.15, 0.2) is 42.5 Å². The van der Waals surface area contributed by atoms with Crippen LogP contribution in [0.3, 0.4) is 0 Å². The summed E-state index contributed by atoms with van der Waals surface area (Å²) in [4.78, 5) is 28.6. The number of anilines is 1. The molecule has 0 radical (unpaired) electrons. The van der Waals surface area contributed by atoms with Crippen LogP contribution in [0.1, 0.15) is 39.2 Å². The van der Waals surface area contributed by atoms with Crippen molar-refractivity contribution in [1.29, 1.82) is 0 Å². The van der Waals surface area contributed by atoms with Crippen LogP contribution in [-0.2, 0) is 28.5 Å². The maximum Gasteiger partial charge on any atom is 0.221 e. The lowest BCUT2D eigenvalue weighted by molar-refractivity contribution is -0.127. The van der Waals surface area contributed by atoms with E-state index in [2.05, 4.69) is 47.9 Å². The Morgan fingerprint density at radius 2 is 1.40 bits per heavy atom. The van der Waals surface area contributed by atoms with E-state index in [1.54, 1.807) is 11.3 Å². The topological polar surface area (TPSA) is 108 Å². The highest BCUT2D eigenvalue weighted by Gasteiger charge is 2.20. The summed E-state index contributed by atoms with van der Waals surface area (Å²) in [5, 5.41) is 7.16. The minimum atomic E-state index is -0.319. The number of carbonyl (C=O) groups excluding carboxylic acids is 2. The van der Waals surface area contributed by atoms with Crippen LogP contribution in [0.2, 0.25) is 0 Å². The number of ether oxygens (including phenoxy) is 4. The number of amides is 1. The standard InChI is InChI=1S/C32H45N3O6S/c1-24-5-10-27-28(23-24)42-31(35-27)25-6-8-26(9-7-25)33-13-11-30(37)34-14-16-39-18-20-41-22-21-40-19-17-38-15-12-29(36)32(2,3)4/h5-10,23,33H,11-22H2,1-4H3,(H,34,37). The average molecular weight is 600 g/mol. The van der Waals surface area contributed by atoms with E-state index in [1.165, 1.54) is 10.3 Å². The average Bonchev–Trinajstić information content (AvgIpc) is 3.38. The van der Waals surface area contributed by atoms with Gasteiger partial charge in [0.25, 0.3) is 0 Å². The third kappa shape index (κ3) is 12.5. The highest BCUT2D eigenvalue weighted by atomic mass is 32.1. The number of Topliss-reactive ketones (excluding diaryl/α,β-unsaturated/α-hetero) is 1. The molecule has 1 amide bonds. The van der Waals surface area contributed by atoms with Crippen LogP contribution in [-0.4, -0.2) is 82.6 Å². The number of aromatic nitrogens is 1. The fraction of sp³-hybridized carbons (Fsp3) is 0.531. The van der Waals surface area contributed by atoms with Gasteiger partial charge in [0.1, 0.15) is 10.8 Å². The molecule has 2 aromatic carbocycles. The first-order valence-corrected chi connectivity index (χ1v) is 15.4. The molecule has 3 aromatic rings. The van der Waals surface area contributed by atoms with Gasteiger partial charge in [-0.1, -0.05) is 26.8 Å². The van der Waals surface area contributed by atoms with Crippen LogP contribution in [0.25, 0.3) is 20.8 Å². The summed E-state index contributed by atoms with van der Waals surface area (Å²) in [6, 6.07) is 14.4. The van der Waals surface area contributed by atoms with Crippen molar-refractivity contribution in [3.8, 4) is 10.6 Å². The molecule has 0 spiro atoms. The molecule has 0 aliphatic rings. The first-order valence-electron chi connectivity index (χ1n) is 14.5. The number of aryl methyl sites for hydroxylation is 1. The second-order valence-corrected chi connectivity index (χ2v) is 12.0. The molecule has 230 valence electrons. The van der Waals surface area contributed by atoms with Gasteiger partial charge in [-0.05, 0) is 48.9 Å². The SMILES string of the molecule is Cc1ccc2nc(-c3ccc(NCCC(=O)NCCOCCOCCOCCOCCC(=O)C(C)(C)C)cc3)sc2c1. The molecule has 0 bridgehead atoms. The largest absolute Gasteiger partial charge is 0.385 e. The third-order valence-electron chi connectivity index (χ3n) is 6.35. The van der Waals surface area contributed by atoms with E-state index in [9.17, 15) is 9.59 Å². The Morgan fingerprint density at radius 1 is 0.786 bits per heavy atom. The summed E-state index contributed by atoms with van der Waals surface area (Å²) in [6.07, 6.45) is 0.804. The number of ketones is 1. The molecule has 0 saturated heterocycles. The van der Waals surface area contributed by atoms with Gasteiger partial charge in [-0.25, -0.2) is 4.98 Å². The molecular weight excluding hydrogens is 554 g/mol. The van der Waals surface area contributed by atoms with Gasteiger partial charge < -0.3 is 29.6 Å². The molecule has 0 saturated carbocycles. The van der Waals surface area contributed by atoms with Crippen molar-refractivity contribution in [2.75, 3.05) is 71.3 Å². The van der Waals surface area contributed by atoms with E-state index in [0.717, 1.165) is 21.8 Å². The predicted molar refractivity (Wildman–Crippen MR) is 168 cm³/mol. The number of nitrogens with zero attached hydrogens (tertiary/aromatic N) is 1. The summed E-state index contributed by atoms with van der Waals surface area (Å²) in [5.41, 5.74) is 3.99. The van der Waals surface area contributed by atoms with E-state index < -0.39 is 0 Å². The highest BCUT2D eigenvalue weighted by molar-refractivity contribution is 7.21. The lowest BCUT2D eigenvalue weighted by Crippen LogP contribution is -2.29. The van der Waals surface area contributed by atoms with Gasteiger partial charge in [0, 0.05) is 42.6 Å². The Morgan fingerprint density at radius 3 is 2.05 bits per heavy atom. The van der Waals surface area contributed by atoms with Gasteiger partial charge >= 0.3 is 0 Å². The number of hydrogen-bond acceptors (Lipinski definition) is 9. The van der Waals surface area contributed by atoms with Gasteiger partial charge in [-0.3, -0.25) is 9.59 Å². The summed E-state index contributed by atoms with van der Waals surface area (Å²) in [6.45, 7) is 12.5. The molecular formula is C32H45N3O6S. The van der Waals surface area contributed by atoms with Crippen molar-refractivity contribution in [2.24, 2.45) is 5.41 Å². The monoisotopic (exact) mass is 599 g/mol. The number of fused-ring (bicyclic) bond motifs is 1. The van der Waals surface area contributed by atoms with E-state index in [0.29, 0.717) is 78.8 Å². The van der Waals surface area contributed by atoms with Crippen molar-refractivity contribution in [3.63, 3.8) is 0 Å². The first kappa shape index (κ1) is 33.6. The minimum Gasteiger partial charge on any atom is -0.385 e. The molecule has 0 aliphatic carbocycles. The van der Waals surface area contributed by atoms with Crippen molar-refractivity contribution in [1.82, 2.24) is 10.3 Å². The van der Waals surface area contributed by atoms with Gasteiger partial charge in [-0.2, -0.15) is 0 Å². The molecule has 0 atom stereocenters. The van der Waals surface area contributed by atoms with Crippen LogP contribution < -0.4 is 10.6 Å². The fourth-order valence-electron chi connectivity index (χ4n) is 3.86. The number of nitrogens with one attached hydrogen (secondary N) is 2. The molecule has 10 heteroatoms. The fourth-order valence-corrected chi connectivity index (χ4v) is 4.93. The maximum absolute atomic E-state index is 12.1. The Hall–Kier alpha value is -2.89. The van der Waals surface area contributed by atoms with Crippen molar-refractivity contribution >= 4 is 38.9 Å². The lowest BCUT2D eigenvalue weighted by Gasteiger charge is -2.16. The second kappa shape index (κ2) is 17.9. The normalized spacial score (nSPS) is 11.6. The Labute approximate surface area is 253 Å². The molecule has 0 unspecified atom stereocenters. The van der Waals surface area contributed by atoms with E-state index in [4.69, 9.17) is 23.9 Å². The Balaban J connectivity index is 1.12. The number of rotatable bonds is 20. The summed E-state index contributed by atoms with van der Waals surface area (Å²) in [7, 11) is 0. The van der Waals surface area contributed by atoms with E-state index >= 15 is 0 Å². The number of thiazole rings is 1.